The molecular formula is C17H18ClF3NO+. The summed E-state index contributed by atoms with van der Waals surface area (Å²) in [4.78, 5) is 0.834. The number of aromatic hydroxyl groups is 1. The molecular weight excluding hydrogens is 327 g/mol. The van der Waals surface area contributed by atoms with Crippen molar-refractivity contribution in [2.75, 3.05) is 13.1 Å². The fraction of sp³-hybridized carbons (Fsp3) is 0.412. The van der Waals surface area contributed by atoms with Gasteiger partial charge in [-0.1, -0.05) is 35.9 Å². The van der Waals surface area contributed by atoms with E-state index in [9.17, 15) is 18.3 Å². The second kappa shape index (κ2) is 6.21. The lowest BCUT2D eigenvalue weighted by atomic mass is 9.96. The van der Waals surface area contributed by atoms with E-state index in [0.717, 1.165) is 10.3 Å². The topological polar surface area (TPSA) is 24.7 Å². The second-order valence-corrected chi connectivity index (χ2v) is 6.58. The minimum atomic E-state index is -4.14. The molecule has 0 radical (unpaired) electrons. The Morgan fingerprint density at radius 3 is 2.61 bits per heavy atom. The van der Waals surface area contributed by atoms with Crippen LogP contribution in [0.5, 0.6) is 5.75 Å². The average molecular weight is 345 g/mol. The number of nitrogens with one attached hydrogen (secondary N) is 1. The minimum Gasteiger partial charge on any atom is -0.507 e. The van der Waals surface area contributed by atoms with E-state index in [-0.39, 0.29) is 18.7 Å². The average Bonchev–Trinajstić information content (AvgIpc) is 2.52. The van der Waals surface area contributed by atoms with Gasteiger partial charge in [-0.05, 0) is 18.9 Å². The van der Waals surface area contributed by atoms with Crippen LogP contribution >= 0.6 is 11.6 Å². The number of halogens is 4. The lowest BCUT2D eigenvalue weighted by Gasteiger charge is -2.31. The Labute approximate surface area is 137 Å². The van der Waals surface area contributed by atoms with Gasteiger partial charge in [-0.3, -0.25) is 0 Å². The van der Waals surface area contributed by atoms with Crippen LogP contribution in [0.25, 0.3) is 10.8 Å². The number of phenolic OH excluding ortho intramolecular Hbond substituents is 1. The van der Waals surface area contributed by atoms with E-state index in [1.807, 2.05) is 12.1 Å². The Balaban J connectivity index is 1.85. The summed E-state index contributed by atoms with van der Waals surface area (Å²) in [5, 5.41) is 12.3. The first kappa shape index (κ1) is 16.4. The Bertz CT molecular complexity index is 717. The zero-order valence-electron chi connectivity index (χ0n) is 12.5. The Morgan fingerprint density at radius 1 is 1.22 bits per heavy atom. The van der Waals surface area contributed by atoms with Crippen LogP contribution in [-0.2, 0) is 6.54 Å². The third kappa shape index (κ3) is 3.40. The zero-order valence-corrected chi connectivity index (χ0v) is 13.2. The summed E-state index contributed by atoms with van der Waals surface area (Å²) < 4.78 is 38.8. The Hall–Kier alpha value is -1.46. The van der Waals surface area contributed by atoms with Gasteiger partial charge in [0.2, 0.25) is 0 Å². The highest BCUT2D eigenvalue weighted by Gasteiger charge is 2.43. The van der Waals surface area contributed by atoms with Gasteiger partial charge in [0, 0.05) is 15.8 Å². The normalized spacial score (nSPS) is 22.4. The van der Waals surface area contributed by atoms with Crippen molar-refractivity contribution in [3.63, 3.8) is 0 Å². The van der Waals surface area contributed by atoms with Crippen molar-refractivity contribution in [3.05, 3.63) is 40.9 Å². The monoisotopic (exact) mass is 344 g/mol. The van der Waals surface area contributed by atoms with E-state index in [1.54, 1.807) is 18.2 Å². The molecule has 2 aromatic rings. The van der Waals surface area contributed by atoms with Crippen LogP contribution in [0.15, 0.2) is 30.3 Å². The quantitative estimate of drug-likeness (QED) is 0.855. The third-order valence-corrected chi connectivity index (χ3v) is 4.88. The molecule has 124 valence electrons. The first-order valence-corrected chi connectivity index (χ1v) is 8.03. The number of quaternary nitrogens is 1. The predicted molar refractivity (Wildman–Crippen MR) is 83.8 cm³/mol. The van der Waals surface area contributed by atoms with Gasteiger partial charge in [-0.25, -0.2) is 0 Å². The molecule has 2 nitrogen and oxygen atoms in total. The van der Waals surface area contributed by atoms with Gasteiger partial charge in [-0.2, -0.15) is 13.2 Å². The number of likely N-dealkylation sites (tertiary alicyclic amines) is 1. The molecule has 0 spiro atoms. The Kier molecular flexibility index (Phi) is 4.43. The molecule has 1 aliphatic rings. The van der Waals surface area contributed by atoms with Crippen molar-refractivity contribution in [3.8, 4) is 5.75 Å². The Morgan fingerprint density at radius 2 is 1.91 bits per heavy atom. The number of alkyl halides is 3. The summed E-state index contributed by atoms with van der Waals surface area (Å²) >= 11 is 6.25. The first-order valence-electron chi connectivity index (χ1n) is 7.65. The number of piperidine rings is 1. The molecule has 0 aliphatic carbocycles. The summed E-state index contributed by atoms with van der Waals surface area (Å²) in [6.45, 7) is 1.08. The summed E-state index contributed by atoms with van der Waals surface area (Å²) in [5.74, 6) is -1.14. The number of phenols is 1. The van der Waals surface area contributed by atoms with Crippen molar-refractivity contribution in [1.29, 1.82) is 0 Å². The van der Waals surface area contributed by atoms with E-state index in [1.165, 1.54) is 0 Å². The highest BCUT2D eigenvalue weighted by Crippen LogP contribution is 2.34. The van der Waals surface area contributed by atoms with Crippen molar-refractivity contribution < 1.29 is 23.2 Å². The molecule has 1 fully saturated rings. The fourth-order valence-electron chi connectivity index (χ4n) is 3.37. The van der Waals surface area contributed by atoms with Crippen molar-refractivity contribution in [1.82, 2.24) is 0 Å². The van der Waals surface area contributed by atoms with E-state index in [0.29, 0.717) is 35.5 Å². The van der Waals surface area contributed by atoms with Crippen molar-refractivity contribution in [2.24, 2.45) is 5.92 Å². The molecule has 1 unspecified atom stereocenters. The smallest absolute Gasteiger partial charge is 0.397 e. The second-order valence-electron chi connectivity index (χ2n) is 6.17. The summed E-state index contributed by atoms with van der Waals surface area (Å²) in [5.41, 5.74) is 0.603. The minimum absolute atomic E-state index is 0.0490. The number of hydrogen-bond donors (Lipinski definition) is 2. The van der Waals surface area contributed by atoms with Crippen molar-refractivity contribution >= 4 is 22.4 Å². The highest BCUT2D eigenvalue weighted by atomic mass is 35.5. The van der Waals surface area contributed by atoms with E-state index in [4.69, 9.17) is 11.6 Å². The molecule has 6 heteroatoms. The van der Waals surface area contributed by atoms with Crippen molar-refractivity contribution in [2.45, 2.75) is 25.6 Å². The van der Waals surface area contributed by atoms with Gasteiger partial charge < -0.3 is 10.0 Å². The molecule has 1 heterocycles. The molecule has 1 saturated heterocycles. The van der Waals surface area contributed by atoms with Gasteiger partial charge in [-0.15, -0.1) is 0 Å². The molecule has 2 atom stereocenters. The number of rotatable bonds is 2. The largest absolute Gasteiger partial charge is 0.507 e. The first-order chi connectivity index (χ1) is 10.9. The molecule has 0 amide bonds. The van der Waals surface area contributed by atoms with Gasteiger partial charge in [0.1, 0.15) is 18.2 Å². The third-order valence-electron chi connectivity index (χ3n) is 4.57. The number of hydrogen-bond acceptors (Lipinski definition) is 1. The van der Waals surface area contributed by atoms with Crippen LogP contribution in [0, 0.1) is 5.92 Å². The molecule has 0 aromatic heterocycles. The molecule has 23 heavy (non-hydrogen) atoms. The van der Waals surface area contributed by atoms with Gasteiger partial charge >= 0.3 is 6.18 Å². The van der Waals surface area contributed by atoms with Crippen LogP contribution < -0.4 is 4.90 Å². The number of benzene rings is 2. The number of fused-ring (bicyclic) bond motifs is 1. The lowest BCUT2D eigenvalue weighted by molar-refractivity contribution is -0.924. The summed E-state index contributed by atoms with van der Waals surface area (Å²) in [6.07, 6.45) is -3.41. The molecule has 2 aromatic carbocycles. The van der Waals surface area contributed by atoms with Gasteiger partial charge in [0.25, 0.3) is 0 Å². The molecule has 0 bridgehead atoms. The fourth-order valence-corrected chi connectivity index (χ4v) is 3.66. The molecule has 2 N–H and O–H groups in total. The molecule has 3 rings (SSSR count). The van der Waals surface area contributed by atoms with E-state index < -0.39 is 12.1 Å². The molecule has 0 saturated carbocycles. The summed E-state index contributed by atoms with van der Waals surface area (Å²) in [6, 6.07) is 8.88. The van der Waals surface area contributed by atoms with Crippen LogP contribution in [-0.4, -0.2) is 24.4 Å². The standard InChI is InChI=1S/C17H17ClF3NO/c18-15-8-11(16(23)14-6-2-1-5-13(14)15)9-22-7-3-4-12(10-22)17(19,20)21/h1-2,5-6,8,12,23H,3-4,7,9-10H2/p+1/t12-/m1/s1. The van der Waals surface area contributed by atoms with E-state index >= 15 is 0 Å². The van der Waals surface area contributed by atoms with Gasteiger partial charge in [0.15, 0.2) is 0 Å². The highest BCUT2D eigenvalue weighted by molar-refractivity contribution is 6.35. The van der Waals surface area contributed by atoms with Crippen LogP contribution in [0.2, 0.25) is 5.02 Å². The lowest BCUT2D eigenvalue weighted by Crippen LogP contribution is -3.12. The van der Waals surface area contributed by atoms with Crippen LogP contribution in [0.3, 0.4) is 0 Å². The molecule has 1 aliphatic heterocycles. The van der Waals surface area contributed by atoms with Gasteiger partial charge in [0.05, 0.1) is 18.7 Å². The van der Waals surface area contributed by atoms with Crippen LogP contribution in [0.4, 0.5) is 13.2 Å². The summed E-state index contributed by atoms with van der Waals surface area (Å²) in [7, 11) is 0. The maximum absolute atomic E-state index is 12.9. The zero-order chi connectivity index (χ0) is 16.6. The predicted octanol–water partition coefficient (Wildman–Crippen LogP) is 3.56. The maximum Gasteiger partial charge on any atom is 0.397 e. The van der Waals surface area contributed by atoms with E-state index in [2.05, 4.69) is 0 Å². The maximum atomic E-state index is 12.9. The SMILES string of the molecule is Oc1c(C[NH+]2CCC[C@@H](C(F)(F)F)C2)cc(Cl)c2ccccc12. The van der Waals surface area contributed by atoms with Crippen LogP contribution in [0.1, 0.15) is 18.4 Å².